The van der Waals surface area contributed by atoms with Crippen molar-refractivity contribution in [2.24, 2.45) is 0 Å². The molecular formula is C10H5BrClFN2O. The van der Waals surface area contributed by atoms with E-state index in [1.807, 2.05) is 0 Å². The number of nitrogens with one attached hydrogen (secondary N) is 1. The summed E-state index contributed by atoms with van der Waals surface area (Å²) in [5.74, 6) is -0.574. The Morgan fingerprint density at radius 2 is 2.06 bits per heavy atom. The van der Waals surface area contributed by atoms with Gasteiger partial charge >= 0.3 is 0 Å². The van der Waals surface area contributed by atoms with Crippen molar-refractivity contribution in [1.29, 1.82) is 0 Å². The van der Waals surface area contributed by atoms with Crippen LogP contribution in [0.1, 0.15) is 0 Å². The first-order valence-corrected chi connectivity index (χ1v) is 5.46. The Labute approximate surface area is 103 Å². The Morgan fingerprint density at radius 3 is 2.69 bits per heavy atom. The second kappa shape index (κ2) is 4.35. The van der Waals surface area contributed by atoms with Gasteiger partial charge in [-0.05, 0) is 34.1 Å². The highest BCUT2D eigenvalue weighted by atomic mass is 79.9. The second-order valence-corrected chi connectivity index (χ2v) is 4.26. The van der Waals surface area contributed by atoms with E-state index in [0.717, 1.165) is 0 Å². The van der Waals surface area contributed by atoms with Crippen LogP contribution in [-0.2, 0) is 0 Å². The van der Waals surface area contributed by atoms with Crippen molar-refractivity contribution in [3.05, 3.63) is 49.9 Å². The van der Waals surface area contributed by atoms with E-state index < -0.39 is 5.82 Å². The van der Waals surface area contributed by atoms with Crippen LogP contribution in [0.4, 0.5) is 4.39 Å². The number of H-pyrrole nitrogens is 1. The van der Waals surface area contributed by atoms with Crippen LogP contribution < -0.4 is 5.56 Å². The van der Waals surface area contributed by atoms with Gasteiger partial charge in [0.2, 0.25) is 0 Å². The normalized spacial score (nSPS) is 10.4. The van der Waals surface area contributed by atoms with Crippen molar-refractivity contribution in [1.82, 2.24) is 10.2 Å². The lowest BCUT2D eigenvalue weighted by Crippen LogP contribution is -2.06. The van der Waals surface area contributed by atoms with Crippen LogP contribution in [0.3, 0.4) is 0 Å². The lowest BCUT2D eigenvalue weighted by Gasteiger charge is -2.04. The van der Waals surface area contributed by atoms with Crippen LogP contribution in [-0.4, -0.2) is 10.2 Å². The van der Waals surface area contributed by atoms with Gasteiger partial charge in [-0.2, -0.15) is 5.10 Å². The van der Waals surface area contributed by atoms with Crippen LogP contribution >= 0.6 is 27.5 Å². The van der Waals surface area contributed by atoms with Crippen LogP contribution in [0.15, 0.2) is 33.5 Å². The number of benzene rings is 1. The predicted molar refractivity (Wildman–Crippen MR) is 63.0 cm³/mol. The largest absolute Gasteiger partial charge is 0.268 e. The molecule has 0 aliphatic rings. The Kier molecular flexibility index (Phi) is 3.07. The maximum absolute atomic E-state index is 13.8. The molecule has 0 bridgehead atoms. The molecule has 2 aromatic rings. The maximum atomic E-state index is 13.8. The SMILES string of the molecule is O=c1ccc(-c2ccc(Br)c(Cl)c2F)n[nH]1. The second-order valence-electron chi connectivity index (χ2n) is 3.03. The van der Waals surface area contributed by atoms with E-state index in [-0.39, 0.29) is 16.1 Å². The van der Waals surface area contributed by atoms with Gasteiger partial charge in [-0.1, -0.05) is 11.6 Å². The molecular weight excluding hydrogens is 298 g/mol. The number of halogens is 3. The molecule has 0 spiro atoms. The summed E-state index contributed by atoms with van der Waals surface area (Å²) in [6, 6.07) is 5.86. The van der Waals surface area contributed by atoms with Crippen molar-refractivity contribution < 1.29 is 4.39 Å². The van der Waals surface area contributed by atoms with Gasteiger partial charge < -0.3 is 0 Å². The molecule has 82 valence electrons. The maximum Gasteiger partial charge on any atom is 0.264 e. The van der Waals surface area contributed by atoms with E-state index in [4.69, 9.17) is 11.6 Å². The topological polar surface area (TPSA) is 45.8 Å². The van der Waals surface area contributed by atoms with Gasteiger partial charge in [0.1, 0.15) is 0 Å². The molecule has 1 aromatic carbocycles. The summed E-state index contributed by atoms with van der Waals surface area (Å²) in [6.45, 7) is 0. The summed E-state index contributed by atoms with van der Waals surface area (Å²) in [5, 5.41) is 5.95. The standard InChI is InChI=1S/C10H5BrClFN2O/c11-6-2-1-5(10(13)9(6)12)7-3-4-8(16)15-14-7/h1-4H,(H,15,16). The van der Waals surface area contributed by atoms with Crippen molar-refractivity contribution in [3.8, 4) is 11.3 Å². The highest BCUT2D eigenvalue weighted by Crippen LogP contribution is 2.31. The summed E-state index contributed by atoms with van der Waals surface area (Å²) in [5.41, 5.74) is 0.225. The van der Waals surface area contributed by atoms with E-state index >= 15 is 0 Å². The highest BCUT2D eigenvalue weighted by Gasteiger charge is 2.12. The minimum Gasteiger partial charge on any atom is -0.268 e. The van der Waals surface area contributed by atoms with E-state index in [2.05, 4.69) is 26.1 Å². The lowest BCUT2D eigenvalue weighted by atomic mass is 10.1. The molecule has 0 saturated carbocycles. The zero-order valence-corrected chi connectivity index (χ0v) is 10.1. The quantitative estimate of drug-likeness (QED) is 0.823. The average Bonchev–Trinajstić information content (AvgIpc) is 2.28. The molecule has 0 aliphatic carbocycles. The third kappa shape index (κ3) is 2.01. The molecule has 0 fully saturated rings. The third-order valence-corrected chi connectivity index (χ3v) is 3.25. The Hall–Kier alpha value is -1.20. The first-order valence-electron chi connectivity index (χ1n) is 4.29. The summed E-state index contributed by atoms with van der Waals surface area (Å²) in [6.07, 6.45) is 0. The molecule has 1 aromatic heterocycles. The first-order chi connectivity index (χ1) is 7.59. The summed E-state index contributed by atoms with van der Waals surface area (Å²) in [4.78, 5) is 10.8. The predicted octanol–water partition coefficient (Wildman–Crippen LogP) is 2.99. The number of aromatic amines is 1. The summed E-state index contributed by atoms with van der Waals surface area (Å²) in [7, 11) is 0. The molecule has 1 heterocycles. The molecule has 0 saturated heterocycles. The van der Waals surface area contributed by atoms with Crippen molar-refractivity contribution in [2.45, 2.75) is 0 Å². The number of rotatable bonds is 1. The van der Waals surface area contributed by atoms with E-state index in [0.29, 0.717) is 10.2 Å². The number of nitrogens with zero attached hydrogens (tertiary/aromatic N) is 1. The van der Waals surface area contributed by atoms with E-state index in [1.54, 1.807) is 6.07 Å². The van der Waals surface area contributed by atoms with Crippen LogP contribution in [0, 0.1) is 5.82 Å². The Balaban J connectivity index is 2.61. The Bertz CT molecular complexity index is 579. The summed E-state index contributed by atoms with van der Waals surface area (Å²) >= 11 is 8.86. The summed E-state index contributed by atoms with van der Waals surface area (Å²) < 4.78 is 14.2. The van der Waals surface area contributed by atoms with Crippen LogP contribution in [0.25, 0.3) is 11.3 Å². The molecule has 0 radical (unpaired) electrons. The fourth-order valence-corrected chi connectivity index (χ4v) is 1.69. The van der Waals surface area contributed by atoms with E-state index in [1.165, 1.54) is 18.2 Å². The van der Waals surface area contributed by atoms with Crippen molar-refractivity contribution >= 4 is 27.5 Å². The van der Waals surface area contributed by atoms with Gasteiger partial charge in [-0.15, -0.1) is 0 Å². The molecule has 1 N–H and O–H groups in total. The molecule has 6 heteroatoms. The first kappa shape index (κ1) is 11.3. The van der Waals surface area contributed by atoms with E-state index in [9.17, 15) is 9.18 Å². The minimum absolute atomic E-state index is 0.00880. The van der Waals surface area contributed by atoms with Gasteiger partial charge in [-0.25, -0.2) is 9.49 Å². The molecule has 2 rings (SSSR count). The fraction of sp³-hybridized carbons (Fsp3) is 0. The monoisotopic (exact) mass is 302 g/mol. The number of hydrogen-bond donors (Lipinski definition) is 1. The fourth-order valence-electron chi connectivity index (χ4n) is 1.22. The van der Waals surface area contributed by atoms with Gasteiger partial charge in [0, 0.05) is 16.1 Å². The number of hydrogen-bond acceptors (Lipinski definition) is 2. The van der Waals surface area contributed by atoms with Crippen molar-refractivity contribution in [2.75, 3.05) is 0 Å². The van der Waals surface area contributed by atoms with Gasteiger partial charge in [0.25, 0.3) is 5.56 Å². The molecule has 3 nitrogen and oxygen atoms in total. The molecule has 0 aliphatic heterocycles. The number of aromatic nitrogens is 2. The average molecular weight is 304 g/mol. The van der Waals surface area contributed by atoms with Gasteiger partial charge in [0.05, 0.1) is 10.7 Å². The molecule has 0 unspecified atom stereocenters. The molecule has 16 heavy (non-hydrogen) atoms. The highest BCUT2D eigenvalue weighted by molar-refractivity contribution is 9.10. The third-order valence-electron chi connectivity index (χ3n) is 1.99. The minimum atomic E-state index is -0.574. The zero-order chi connectivity index (χ0) is 11.7. The van der Waals surface area contributed by atoms with Crippen LogP contribution in [0.2, 0.25) is 5.02 Å². The van der Waals surface area contributed by atoms with Crippen LogP contribution in [0.5, 0.6) is 0 Å². The molecule has 0 atom stereocenters. The van der Waals surface area contributed by atoms with Gasteiger partial charge in [-0.3, -0.25) is 4.79 Å². The van der Waals surface area contributed by atoms with Crippen molar-refractivity contribution in [3.63, 3.8) is 0 Å². The van der Waals surface area contributed by atoms with Gasteiger partial charge in [0.15, 0.2) is 5.82 Å². The molecule has 0 amide bonds. The smallest absolute Gasteiger partial charge is 0.264 e. The zero-order valence-electron chi connectivity index (χ0n) is 7.80. The lowest BCUT2D eigenvalue weighted by molar-refractivity contribution is 0.630. The Morgan fingerprint density at radius 1 is 1.31 bits per heavy atom.